The van der Waals surface area contributed by atoms with Crippen LogP contribution in [-0.4, -0.2) is 0 Å². The maximum absolute atomic E-state index is 5.46. The van der Waals surface area contributed by atoms with E-state index in [0.717, 1.165) is 18.5 Å². The van der Waals surface area contributed by atoms with Crippen molar-refractivity contribution in [3.8, 4) is 0 Å². The zero-order valence-electron chi connectivity index (χ0n) is 5.80. The summed E-state index contributed by atoms with van der Waals surface area (Å²) in [7, 11) is 0. The third-order valence-electron chi connectivity index (χ3n) is 0.957. The summed E-state index contributed by atoms with van der Waals surface area (Å²) in [6, 6.07) is 0. The first kappa shape index (κ1) is 8.08. The maximum atomic E-state index is 5.46. The fourth-order valence-corrected chi connectivity index (χ4v) is 0.490. The first-order valence-corrected chi connectivity index (χ1v) is 3.15. The van der Waals surface area contributed by atoms with Gasteiger partial charge in [-0.3, -0.25) is 0 Å². The lowest BCUT2D eigenvalue weighted by Crippen LogP contribution is -1.93. The molecule has 0 aromatic carbocycles. The fourth-order valence-electron chi connectivity index (χ4n) is 0.490. The Kier molecular flexibility index (Phi) is 4.69. The molecule has 0 atom stereocenters. The standard InChI is InChI=1S/C7H14N2/c1-2-3-4-7(9)5-6-8/h4-6H,2-3,8-9H2,1H3/b6-5-,7-4+. The second kappa shape index (κ2) is 5.22. The predicted molar refractivity (Wildman–Crippen MR) is 40.5 cm³/mol. The van der Waals surface area contributed by atoms with Gasteiger partial charge in [0.1, 0.15) is 0 Å². The van der Waals surface area contributed by atoms with E-state index in [1.807, 2.05) is 6.08 Å². The quantitative estimate of drug-likeness (QED) is 0.556. The second-order valence-electron chi connectivity index (χ2n) is 1.85. The zero-order chi connectivity index (χ0) is 7.11. The van der Waals surface area contributed by atoms with E-state index in [2.05, 4.69) is 6.92 Å². The molecule has 4 N–H and O–H groups in total. The molecule has 0 rings (SSSR count). The van der Waals surface area contributed by atoms with Crippen LogP contribution in [0.4, 0.5) is 0 Å². The Bertz CT molecular complexity index is 114. The maximum Gasteiger partial charge on any atom is 0.0287 e. The molecule has 0 aliphatic rings. The van der Waals surface area contributed by atoms with Crippen LogP contribution in [0.3, 0.4) is 0 Å². The fraction of sp³-hybridized carbons (Fsp3) is 0.429. The zero-order valence-corrected chi connectivity index (χ0v) is 5.80. The molecule has 0 unspecified atom stereocenters. The summed E-state index contributed by atoms with van der Waals surface area (Å²) in [6.07, 6.45) is 7.25. The Balaban J connectivity index is 3.55. The lowest BCUT2D eigenvalue weighted by molar-refractivity contribution is 0.950. The van der Waals surface area contributed by atoms with Gasteiger partial charge in [0.2, 0.25) is 0 Å². The SMILES string of the molecule is CCC/C=C(N)\C=C/N. The van der Waals surface area contributed by atoms with E-state index < -0.39 is 0 Å². The highest BCUT2D eigenvalue weighted by Crippen LogP contribution is 1.92. The van der Waals surface area contributed by atoms with Crippen LogP contribution < -0.4 is 11.5 Å². The van der Waals surface area contributed by atoms with Gasteiger partial charge in [0, 0.05) is 5.70 Å². The summed E-state index contributed by atoms with van der Waals surface area (Å²) < 4.78 is 0. The molecule has 2 nitrogen and oxygen atoms in total. The van der Waals surface area contributed by atoms with Gasteiger partial charge in [-0.05, 0) is 18.7 Å². The predicted octanol–water partition coefficient (Wildman–Crippen LogP) is 1.10. The minimum atomic E-state index is 0.749. The largest absolute Gasteiger partial charge is 0.405 e. The van der Waals surface area contributed by atoms with Crippen LogP contribution >= 0.6 is 0 Å². The van der Waals surface area contributed by atoms with Gasteiger partial charge >= 0.3 is 0 Å². The molecular weight excluding hydrogens is 112 g/mol. The van der Waals surface area contributed by atoms with Gasteiger partial charge in [-0.2, -0.15) is 0 Å². The molecule has 9 heavy (non-hydrogen) atoms. The summed E-state index contributed by atoms with van der Waals surface area (Å²) in [5, 5.41) is 0. The van der Waals surface area contributed by atoms with Gasteiger partial charge in [-0.1, -0.05) is 19.4 Å². The smallest absolute Gasteiger partial charge is 0.0287 e. The number of nitrogens with two attached hydrogens (primary N) is 2. The van der Waals surface area contributed by atoms with Gasteiger partial charge in [0.15, 0.2) is 0 Å². The molecule has 0 aromatic heterocycles. The molecule has 0 saturated heterocycles. The van der Waals surface area contributed by atoms with Crippen molar-refractivity contribution in [2.75, 3.05) is 0 Å². The molecule has 0 aromatic rings. The van der Waals surface area contributed by atoms with Crippen molar-refractivity contribution in [2.45, 2.75) is 19.8 Å². The van der Waals surface area contributed by atoms with Crippen LogP contribution in [0.5, 0.6) is 0 Å². The van der Waals surface area contributed by atoms with Crippen molar-refractivity contribution < 1.29 is 0 Å². The van der Waals surface area contributed by atoms with Gasteiger partial charge in [-0.25, -0.2) is 0 Å². The molecule has 0 radical (unpaired) electrons. The monoisotopic (exact) mass is 126 g/mol. The van der Waals surface area contributed by atoms with Gasteiger partial charge in [0.05, 0.1) is 0 Å². The van der Waals surface area contributed by atoms with Crippen molar-refractivity contribution in [1.82, 2.24) is 0 Å². The van der Waals surface area contributed by atoms with E-state index in [4.69, 9.17) is 11.5 Å². The lowest BCUT2D eigenvalue weighted by atomic mass is 10.3. The lowest BCUT2D eigenvalue weighted by Gasteiger charge is -1.89. The van der Waals surface area contributed by atoms with Crippen LogP contribution in [-0.2, 0) is 0 Å². The number of hydrogen-bond acceptors (Lipinski definition) is 2. The first-order chi connectivity index (χ1) is 4.31. The average Bonchev–Trinajstić information content (AvgIpc) is 1.85. The molecular formula is C7H14N2. The topological polar surface area (TPSA) is 52.0 Å². The number of hydrogen-bond donors (Lipinski definition) is 2. The van der Waals surface area contributed by atoms with E-state index in [1.54, 1.807) is 6.08 Å². The third-order valence-corrected chi connectivity index (χ3v) is 0.957. The van der Waals surface area contributed by atoms with E-state index >= 15 is 0 Å². The molecule has 0 heterocycles. The van der Waals surface area contributed by atoms with Crippen molar-refractivity contribution >= 4 is 0 Å². The highest BCUT2D eigenvalue weighted by Gasteiger charge is 1.78. The first-order valence-electron chi connectivity index (χ1n) is 3.15. The molecule has 0 amide bonds. The van der Waals surface area contributed by atoms with Gasteiger partial charge in [0.25, 0.3) is 0 Å². The molecule has 0 fully saturated rings. The van der Waals surface area contributed by atoms with Crippen molar-refractivity contribution in [2.24, 2.45) is 11.5 Å². The minimum Gasteiger partial charge on any atom is -0.405 e. The van der Waals surface area contributed by atoms with Crippen molar-refractivity contribution in [3.05, 3.63) is 24.0 Å². The van der Waals surface area contributed by atoms with Crippen molar-refractivity contribution in [3.63, 3.8) is 0 Å². The van der Waals surface area contributed by atoms with E-state index in [-0.39, 0.29) is 0 Å². The van der Waals surface area contributed by atoms with E-state index in [0.29, 0.717) is 0 Å². The summed E-state index contributed by atoms with van der Waals surface area (Å²) in [6.45, 7) is 2.11. The van der Waals surface area contributed by atoms with Crippen LogP contribution in [0, 0.1) is 0 Å². The summed E-state index contributed by atoms with van der Waals surface area (Å²) >= 11 is 0. The van der Waals surface area contributed by atoms with Gasteiger partial charge in [-0.15, -0.1) is 0 Å². The van der Waals surface area contributed by atoms with Crippen LogP contribution in [0.2, 0.25) is 0 Å². The highest BCUT2D eigenvalue weighted by atomic mass is 14.6. The van der Waals surface area contributed by atoms with E-state index in [1.165, 1.54) is 6.20 Å². The van der Waals surface area contributed by atoms with Crippen LogP contribution in [0.1, 0.15) is 19.8 Å². The summed E-state index contributed by atoms with van der Waals surface area (Å²) in [4.78, 5) is 0. The Morgan fingerprint density at radius 2 is 2.22 bits per heavy atom. The Hall–Kier alpha value is -0.920. The molecule has 0 saturated carbocycles. The molecule has 0 spiro atoms. The minimum absolute atomic E-state index is 0.749. The van der Waals surface area contributed by atoms with Crippen molar-refractivity contribution in [1.29, 1.82) is 0 Å². The summed E-state index contributed by atoms with van der Waals surface area (Å²) in [5.74, 6) is 0. The highest BCUT2D eigenvalue weighted by molar-refractivity contribution is 5.13. The summed E-state index contributed by atoms with van der Waals surface area (Å²) in [5.41, 5.74) is 11.3. The average molecular weight is 126 g/mol. The molecule has 0 aliphatic carbocycles. The molecule has 52 valence electrons. The van der Waals surface area contributed by atoms with Crippen LogP contribution in [0.15, 0.2) is 24.0 Å². The normalized spacial score (nSPS) is 12.8. The molecule has 0 bridgehead atoms. The Morgan fingerprint density at radius 1 is 1.56 bits per heavy atom. The number of unbranched alkanes of at least 4 members (excludes halogenated alkanes) is 1. The Morgan fingerprint density at radius 3 is 2.67 bits per heavy atom. The number of allylic oxidation sites excluding steroid dienone is 2. The van der Waals surface area contributed by atoms with Gasteiger partial charge < -0.3 is 11.5 Å². The van der Waals surface area contributed by atoms with E-state index in [9.17, 15) is 0 Å². The van der Waals surface area contributed by atoms with Crippen LogP contribution in [0.25, 0.3) is 0 Å². The second-order valence-corrected chi connectivity index (χ2v) is 1.85. The molecule has 2 heteroatoms. The number of rotatable bonds is 3. The third kappa shape index (κ3) is 4.94. The molecule has 0 aliphatic heterocycles. The Labute approximate surface area is 56.2 Å².